The van der Waals surface area contributed by atoms with Crippen LogP contribution in [-0.4, -0.2) is 18.4 Å². The summed E-state index contributed by atoms with van der Waals surface area (Å²) >= 11 is 6.07. The number of carbonyl (C=O) groups is 2. The lowest BCUT2D eigenvalue weighted by Crippen LogP contribution is -2.37. The highest BCUT2D eigenvalue weighted by molar-refractivity contribution is 6.32. The lowest BCUT2D eigenvalue weighted by atomic mass is 10.0. The van der Waals surface area contributed by atoms with Crippen LogP contribution >= 0.6 is 11.6 Å². The topological polar surface area (TPSA) is 67.4 Å². The number of fused-ring (bicyclic) bond motifs is 1. The van der Waals surface area contributed by atoms with E-state index in [9.17, 15) is 14.0 Å². The quantitative estimate of drug-likeness (QED) is 0.887. The van der Waals surface area contributed by atoms with E-state index in [1.165, 1.54) is 24.3 Å². The Morgan fingerprint density at radius 2 is 2.00 bits per heavy atom. The fourth-order valence-corrected chi connectivity index (χ4v) is 2.51. The van der Waals surface area contributed by atoms with E-state index >= 15 is 0 Å². The first kappa shape index (κ1) is 15.3. The third-order valence-electron chi connectivity index (χ3n) is 3.34. The molecular formula is C16H12ClFN2O3. The van der Waals surface area contributed by atoms with Crippen molar-refractivity contribution in [1.82, 2.24) is 5.32 Å². The molecule has 0 aliphatic carbocycles. The number of anilines is 1. The average Bonchev–Trinajstić information content (AvgIpc) is 2.70. The molecule has 5 nitrogen and oxygen atoms in total. The number of hydrogen-bond donors (Lipinski definition) is 2. The number of ether oxygens (including phenoxy) is 1. The molecule has 2 aromatic rings. The predicted molar refractivity (Wildman–Crippen MR) is 82.9 cm³/mol. The van der Waals surface area contributed by atoms with Crippen LogP contribution in [0.25, 0.3) is 0 Å². The highest BCUT2D eigenvalue weighted by atomic mass is 35.5. The first-order chi connectivity index (χ1) is 11.0. The van der Waals surface area contributed by atoms with Gasteiger partial charge in [0.2, 0.25) is 0 Å². The van der Waals surface area contributed by atoms with Gasteiger partial charge < -0.3 is 15.4 Å². The van der Waals surface area contributed by atoms with Crippen LogP contribution in [0.4, 0.5) is 10.1 Å². The van der Waals surface area contributed by atoms with E-state index in [2.05, 4.69) is 10.6 Å². The van der Waals surface area contributed by atoms with E-state index < -0.39 is 23.7 Å². The molecule has 2 N–H and O–H groups in total. The second-order valence-electron chi connectivity index (χ2n) is 4.94. The number of hydrogen-bond acceptors (Lipinski definition) is 3. The van der Waals surface area contributed by atoms with E-state index in [1.54, 1.807) is 18.2 Å². The van der Waals surface area contributed by atoms with Crippen LogP contribution in [0, 0.1) is 5.82 Å². The number of carbonyl (C=O) groups excluding carboxylic acids is 2. The number of benzene rings is 2. The largest absolute Gasteiger partial charge is 0.482 e. The third-order valence-corrected chi connectivity index (χ3v) is 3.63. The van der Waals surface area contributed by atoms with Crippen molar-refractivity contribution >= 4 is 29.1 Å². The molecule has 0 radical (unpaired) electrons. The second kappa shape index (κ2) is 6.26. The van der Waals surface area contributed by atoms with Crippen LogP contribution in [0.15, 0.2) is 42.5 Å². The summed E-state index contributed by atoms with van der Waals surface area (Å²) in [6, 6.07) is 9.31. The van der Waals surface area contributed by atoms with Gasteiger partial charge >= 0.3 is 0 Å². The first-order valence-electron chi connectivity index (χ1n) is 6.81. The molecule has 0 fully saturated rings. The van der Waals surface area contributed by atoms with Gasteiger partial charge in [0.05, 0.1) is 5.02 Å². The SMILES string of the molecule is O=C1COc2c(Cl)cccc2C(C(=O)Nc2ccc(F)cc2)N1. The smallest absolute Gasteiger partial charge is 0.258 e. The van der Waals surface area contributed by atoms with Crippen LogP contribution in [0.1, 0.15) is 11.6 Å². The highest BCUT2D eigenvalue weighted by Gasteiger charge is 2.30. The molecule has 1 heterocycles. The Balaban J connectivity index is 1.91. The summed E-state index contributed by atoms with van der Waals surface area (Å²) in [5.41, 5.74) is 0.877. The van der Waals surface area contributed by atoms with Crippen molar-refractivity contribution in [3.05, 3.63) is 58.9 Å². The van der Waals surface area contributed by atoms with Gasteiger partial charge in [-0.15, -0.1) is 0 Å². The maximum atomic E-state index is 12.9. The Hall–Kier alpha value is -2.60. The van der Waals surface area contributed by atoms with Gasteiger partial charge in [-0.05, 0) is 30.3 Å². The third kappa shape index (κ3) is 3.27. The molecule has 1 unspecified atom stereocenters. The van der Waals surface area contributed by atoms with Gasteiger partial charge in [-0.3, -0.25) is 9.59 Å². The minimum atomic E-state index is -0.955. The van der Waals surface area contributed by atoms with E-state index in [4.69, 9.17) is 16.3 Å². The van der Waals surface area contributed by atoms with Crippen LogP contribution < -0.4 is 15.4 Å². The Kier molecular flexibility index (Phi) is 4.16. The minimum absolute atomic E-state index is 0.225. The fraction of sp³-hybridized carbons (Fsp3) is 0.125. The van der Waals surface area contributed by atoms with Crippen LogP contribution in [0.5, 0.6) is 5.75 Å². The molecule has 3 rings (SSSR count). The molecule has 1 aliphatic heterocycles. The number of amides is 2. The Bertz CT molecular complexity index is 764. The maximum absolute atomic E-state index is 12.9. The van der Waals surface area contributed by atoms with Gasteiger partial charge in [-0.1, -0.05) is 23.7 Å². The molecule has 7 heteroatoms. The lowest BCUT2D eigenvalue weighted by Gasteiger charge is -2.17. The Morgan fingerprint density at radius 3 is 2.74 bits per heavy atom. The zero-order chi connectivity index (χ0) is 16.4. The summed E-state index contributed by atoms with van der Waals surface area (Å²) in [4.78, 5) is 24.3. The summed E-state index contributed by atoms with van der Waals surface area (Å²) in [7, 11) is 0. The van der Waals surface area contributed by atoms with Gasteiger partial charge in [-0.2, -0.15) is 0 Å². The molecule has 0 spiro atoms. The van der Waals surface area contributed by atoms with Gasteiger partial charge in [-0.25, -0.2) is 4.39 Å². The molecule has 1 aliphatic rings. The highest BCUT2D eigenvalue weighted by Crippen LogP contribution is 2.34. The molecule has 1 atom stereocenters. The molecule has 118 valence electrons. The average molecular weight is 335 g/mol. The van der Waals surface area contributed by atoms with E-state index in [1.807, 2.05) is 0 Å². The zero-order valence-electron chi connectivity index (χ0n) is 11.8. The predicted octanol–water partition coefficient (Wildman–Crippen LogP) is 2.67. The molecule has 2 amide bonds. The summed E-state index contributed by atoms with van der Waals surface area (Å²) < 4.78 is 18.3. The van der Waals surface area contributed by atoms with E-state index in [0.717, 1.165) is 0 Å². The van der Waals surface area contributed by atoms with Gasteiger partial charge in [0.15, 0.2) is 6.61 Å². The summed E-state index contributed by atoms with van der Waals surface area (Å²) in [5, 5.41) is 5.53. The Labute approximate surface area is 136 Å². The van der Waals surface area contributed by atoms with Gasteiger partial charge in [0.25, 0.3) is 11.8 Å². The maximum Gasteiger partial charge on any atom is 0.258 e. The molecule has 23 heavy (non-hydrogen) atoms. The molecule has 0 saturated heterocycles. The Morgan fingerprint density at radius 1 is 1.26 bits per heavy atom. The lowest BCUT2D eigenvalue weighted by molar-refractivity contribution is -0.127. The zero-order valence-corrected chi connectivity index (χ0v) is 12.6. The second-order valence-corrected chi connectivity index (χ2v) is 5.35. The number of halogens is 2. The van der Waals surface area contributed by atoms with Crippen molar-refractivity contribution in [3.8, 4) is 5.75 Å². The van der Waals surface area contributed by atoms with Crippen molar-refractivity contribution in [2.75, 3.05) is 11.9 Å². The molecule has 0 aromatic heterocycles. The standard InChI is InChI=1S/C16H12ClFN2O3/c17-12-3-1-2-11-14(20-13(21)8-23-15(11)12)16(22)19-10-6-4-9(18)5-7-10/h1-7,14H,8H2,(H,19,22)(H,20,21). The van der Waals surface area contributed by atoms with Crippen LogP contribution in [0.2, 0.25) is 5.02 Å². The van der Waals surface area contributed by atoms with Gasteiger partial charge in [0, 0.05) is 11.3 Å². The molecular weight excluding hydrogens is 323 g/mol. The molecule has 2 aromatic carbocycles. The molecule has 0 saturated carbocycles. The van der Waals surface area contributed by atoms with Crippen molar-refractivity contribution in [1.29, 1.82) is 0 Å². The minimum Gasteiger partial charge on any atom is -0.482 e. The number of para-hydroxylation sites is 1. The van der Waals surface area contributed by atoms with E-state index in [0.29, 0.717) is 22.0 Å². The first-order valence-corrected chi connectivity index (χ1v) is 7.19. The van der Waals surface area contributed by atoms with Crippen LogP contribution in [-0.2, 0) is 9.59 Å². The molecule has 0 bridgehead atoms. The van der Waals surface area contributed by atoms with Crippen molar-refractivity contribution in [2.45, 2.75) is 6.04 Å². The van der Waals surface area contributed by atoms with Crippen LogP contribution in [0.3, 0.4) is 0 Å². The normalized spacial score (nSPS) is 16.6. The summed E-state index contributed by atoms with van der Waals surface area (Å²) in [6.07, 6.45) is 0. The summed E-state index contributed by atoms with van der Waals surface area (Å²) in [5.74, 6) is -1.02. The monoisotopic (exact) mass is 334 g/mol. The number of nitrogens with one attached hydrogen (secondary N) is 2. The van der Waals surface area contributed by atoms with Crippen molar-refractivity contribution in [2.24, 2.45) is 0 Å². The fourth-order valence-electron chi connectivity index (χ4n) is 2.28. The van der Waals surface area contributed by atoms with Crippen molar-refractivity contribution < 1.29 is 18.7 Å². The van der Waals surface area contributed by atoms with E-state index in [-0.39, 0.29) is 6.61 Å². The number of rotatable bonds is 2. The van der Waals surface area contributed by atoms with Crippen molar-refractivity contribution in [3.63, 3.8) is 0 Å². The summed E-state index contributed by atoms with van der Waals surface area (Å²) in [6.45, 7) is -0.225. The van der Waals surface area contributed by atoms with Gasteiger partial charge in [0.1, 0.15) is 17.6 Å².